The van der Waals surface area contributed by atoms with E-state index in [1.54, 1.807) is 0 Å². The third-order valence-electron chi connectivity index (χ3n) is 5.13. The van der Waals surface area contributed by atoms with Crippen molar-refractivity contribution in [3.8, 4) is 0 Å². The molecule has 1 saturated heterocycles. The fourth-order valence-electron chi connectivity index (χ4n) is 4.01. The summed E-state index contributed by atoms with van der Waals surface area (Å²) in [7, 11) is -3.62. The Kier molecular flexibility index (Phi) is 3.04. The summed E-state index contributed by atoms with van der Waals surface area (Å²) < 4.78 is 32.7. The molecule has 0 radical (unpaired) electrons. The molecular weight excluding hydrogens is 308 g/mol. The van der Waals surface area contributed by atoms with Gasteiger partial charge < -0.3 is 4.74 Å². The third-order valence-corrected chi connectivity index (χ3v) is 6.57. The quantitative estimate of drug-likeness (QED) is 0.499. The van der Waals surface area contributed by atoms with Crippen LogP contribution in [-0.4, -0.2) is 32.1 Å². The molecule has 5 atom stereocenters. The van der Waals surface area contributed by atoms with E-state index in [1.165, 1.54) is 24.3 Å². The van der Waals surface area contributed by atoms with Gasteiger partial charge >= 0.3 is 0 Å². The molecule has 1 aromatic rings. The van der Waals surface area contributed by atoms with Crippen molar-refractivity contribution in [2.75, 3.05) is 6.54 Å². The highest BCUT2D eigenvalue weighted by molar-refractivity contribution is 7.89. The van der Waals surface area contributed by atoms with Crippen LogP contribution in [0, 0.1) is 27.9 Å². The van der Waals surface area contributed by atoms with Crippen LogP contribution in [0.5, 0.6) is 0 Å². The number of nitro benzene ring substituents is 1. The summed E-state index contributed by atoms with van der Waals surface area (Å²) in [6, 6.07) is 4.94. The number of nitrogens with zero attached hydrogens (tertiary/aromatic N) is 1. The first kappa shape index (κ1) is 14.1. The van der Waals surface area contributed by atoms with Crippen LogP contribution < -0.4 is 4.72 Å². The molecule has 0 amide bonds. The van der Waals surface area contributed by atoms with E-state index >= 15 is 0 Å². The minimum Gasteiger partial charge on any atom is -0.369 e. The number of nitro groups is 1. The van der Waals surface area contributed by atoms with Crippen molar-refractivity contribution in [1.82, 2.24) is 4.72 Å². The van der Waals surface area contributed by atoms with Gasteiger partial charge in [0.05, 0.1) is 22.0 Å². The molecule has 8 heteroatoms. The second kappa shape index (κ2) is 4.74. The third kappa shape index (κ3) is 2.22. The van der Waals surface area contributed by atoms with Crippen molar-refractivity contribution in [3.63, 3.8) is 0 Å². The zero-order valence-corrected chi connectivity index (χ0v) is 12.5. The van der Waals surface area contributed by atoms with Crippen LogP contribution >= 0.6 is 0 Å². The van der Waals surface area contributed by atoms with E-state index in [0.717, 1.165) is 12.8 Å². The van der Waals surface area contributed by atoms with Crippen LogP contribution in [-0.2, 0) is 14.8 Å². The molecule has 0 unspecified atom stereocenters. The Morgan fingerprint density at radius 3 is 2.55 bits per heavy atom. The number of non-ortho nitro benzene ring substituents is 1. The summed E-state index contributed by atoms with van der Waals surface area (Å²) in [5, 5.41) is 10.6. The van der Waals surface area contributed by atoms with Gasteiger partial charge in [0, 0.05) is 18.7 Å². The Morgan fingerprint density at radius 1 is 1.23 bits per heavy atom. The maximum atomic E-state index is 12.3. The van der Waals surface area contributed by atoms with Crippen molar-refractivity contribution in [3.05, 3.63) is 34.4 Å². The fourth-order valence-corrected chi connectivity index (χ4v) is 5.11. The Hall–Kier alpha value is -1.51. The van der Waals surface area contributed by atoms with E-state index < -0.39 is 14.9 Å². The normalized spacial score (nSPS) is 35.4. The lowest BCUT2D eigenvalue weighted by atomic mass is 9.89. The van der Waals surface area contributed by atoms with Crippen LogP contribution in [0.1, 0.15) is 12.8 Å². The molecule has 2 bridgehead atoms. The Labute approximate surface area is 127 Å². The van der Waals surface area contributed by atoms with Gasteiger partial charge in [0.25, 0.3) is 5.69 Å². The first-order chi connectivity index (χ1) is 10.5. The molecule has 118 valence electrons. The maximum Gasteiger partial charge on any atom is 0.269 e. The average molecular weight is 324 g/mol. The highest BCUT2D eigenvalue weighted by Gasteiger charge is 2.62. The van der Waals surface area contributed by atoms with Crippen LogP contribution in [0.2, 0.25) is 0 Å². The van der Waals surface area contributed by atoms with Crippen LogP contribution in [0.15, 0.2) is 29.2 Å². The predicted octanol–water partition coefficient (Wildman–Crippen LogP) is 1.30. The monoisotopic (exact) mass is 324 g/mol. The second-order valence-electron chi connectivity index (χ2n) is 6.32. The minimum absolute atomic E-state index is 0.0572. The van der Waals surface area contributed by atoms with Gasteiger partial charge in [-0.15, -0.1) is 0 Å². The summed E-state index contributed by atoms with van der Waals surface area (Å²) >= 11 is 0. The molecule has 1 N–H and O–H groups in total. The van der Waals surface area contributed by atoms with Crippen LogP contribution in [0.4, 0.5) is 5.69 Å². The van der Waals surface area contributed by atoms with Crippen molar-refractivity contribution in [2.24, 2.45) is 17.8 Å². The van der Waals surface area contributed by atoms with Crippen molar-refractivity contribution in [2.45, 2.75) is 29.9 Å². The molecule has 0 spiro atoms. The fraction of sp³-hybridized carbons (Fsp3) is 0.571. The number of sulfonamides is 1. The lowest BCUT2D eigenvalue weighted by Crippen LogP contribution is -2.33. The SMILES string of the molecule is O=[N+]([O-])c1ccc(S(=O)(=O)NC[C@@H]2C[C@H]3C[C@H]2[C@H]2O[C@@H]32)cc1. The highest BCUT2D eigenvalue weighted by atomic mass is 32.2. The van der Waals surface area contributed by atoms with Crippen molar-refractivity contribution in [1.29, 1.82) is 0 Å². The molecule has 2 saturated carbocycles. The summed E-state index contributed by atoms with van der Waals surface area (Å²) in [4.78, 5) is 10.1. The predicted molar refractivity (Wildman–Crippen MR) is 76.6 cm³/mol. The molecule has 7 nitrogen and oxygen atoms in total. The van der Waals surface area contributed by atoms with Crippen LogP contribution in [0.3, 0.4) is 0 Å². The molecule has 1 heterocycles. The van der Waals surface area contributed by atoms with E-state index in [2.05, 4.69) is 4.72 Å². The topological polar surface area (TPSA) is 102 Å². The Morgan fingerprint density at radius 2 is 1.95 bits per heavy atom. The zero-order valence-electron chi connectivity index (χ0n) is 11.7. The summed E-state index contributed by atoms with van der Waals surface area (Å²) in [5.74, 6) is 1.42. The molecule has 22 heavy (non-hydrogen) atoms. The Bertz CT molecular complexity index is 717. The molecular formula is C14H16N2O5S. The number of nitrogens with one attached hydrogen (secondary N) is 1. The first-order valence-electron chi connectivity index (χ1n) is 7.35. The van der Waals surface area contributed by atoms with Gasteiger partial charge in [-0.3, -0.25) is 10.1 Å². The second-order valence-corrected chi connectivity index (χ2v) is 8.09. The van der Waals surface area contributed by atoms with Crippen molar-refractivity contribution >= 4 is 15.7 Å². The van der Waals surface area contributed by atoms with E-state index in [1.807, 2.05) is 0 Å². The Balaban J connectivity index is 1.42. The summed E-state index contributed by atoms with van der Waals surface area (Å²) in [6.07, 6.45) is 2.97. The number of hydrogen-bond acceptors (Lipinski definition) is 5. The molecule has 3 aliphatic rings. The molecule has 1 aliphatic heterocycles. The van der Waals surface area contributed by atoms with Gasteiger partial charge in [0.1, 0.15) is 0 Å². The van der Waals surface area contributed by atoms with Crippen LogP contribution in [0.25, 0.3) is 0 Å². The molecule has 4 rings (SSSR count). The van der Waals surface area contributed by atoms with Gasteiger partial charge in [-0.2, -0.15) is 0 Å². The van der Waals surface area contributed by atoms with E-state index in [0.29, 0.717) is 36.5 Å². The molecule has 1 aromatic carbocycles. The average Bonchev–Trinajstić information content (AvgIpc) is 3.11. The largest absolute Gasteiger partial charge is 0.369 e. The van der Waals surface area contributed by atoms with Gasteiger partial charge in [-0.25, -0.2) is 13.1 Å². The van der Waals surface area contributed by atoms with Gasteiger partial charge in [0.2, 0.25) is 10.0 Å². The standard InChI is InChI=1S/C14H16N2O5S/c17-16(18)10-1-3-11(4-2-10)22(19,20)15-7-9-5-8-6-12(9)14-13(8)21-14/h1-4,8-9,12-15H,5-7H2/t8-,9-,12+,13-,14+/m0/s1. The van der Waals surface area contributed by atoms with Gasteiger partial charge in [-0.1, -0.05) is 0 Å². The number of ether oxygens (including phenoxy) is 1. The minimum atomic E-state index is -3.62. The highest BCUT2D eigenvalue weighted by Crippen LogP contribution is 2.58. The summed E-state index contributed by atoms with van der Waals surface area (Å²) in [5.41, 5.74) is -0.121. The number of benzene rings is 1. The van der Waals surface area contributed by atoms with E-state index in [4.69, 9.17) is 4.74 Å². The number of hydrogen-bond donors (Lipinski definition) is 1. The van der Waals surface area contributed by atoms with Crippen molar-refractivity contribution < 1.29 is 18.1 Å². The van der Waals surface area contributed by atoms with Gasteiger partial charge in [0.15, 0.2) is 0 Å². The van der Waals surface area contributed by atoms with E-state index in [-0.39, 0.29) is 10.6 Å². The molecule has 2 aliphatic carbocycles. The first-order valence-corrected chi connectivity index (χ1v) is 8.83. The smallest absolute Gasteiger partial charge is 0.269 e. The van der Waals surface area contributed by atoms with Gasteiger partial charge in [-0.05, 0) is 42.7 Å². The molecule has 0 aromatic heterocycles. The number of rotatable bonds is 5. The summed E-state index contributed by atoms with van der Waals surface area (Å²) in [6.45, 7) is 0.410. The number of epoxide rings is 1. The maximum absolute atomic E-state index is 12.3. The lowest BCUT2D eigenvalue weighted by Gasteiger charge is -2.19. The molecule has 3 fully saturated rings. The van der Waals surface area contributed by atoms with E-state index in [9.17, 15) is 18.5 Å². The number of fused-ring (bicyclic) bond motifs is 5. The lowest BCUT2D eigenvalue weighted by molar-refractivity contribution is -0.384. The zero-order chi connectivity index (χ0) is 15.5.